The maximum Gasteiger partial charge on any atom is 0.272 e. The molecule has 0 fully saturated rings. The number of aromatic nitrogens is 5. The molecule has 0 saturated heterocycles. The van der Waals surface area contributed by atoms with Crippen molar-refractivity contribution in [1.29, 1.82) is 0 Å². The summed E-state index contributed by atoms with van der Waals surface area (Å²) in [6.07, 6.45) is 3.60. The maximum atomic E-state index is 12.8. The molecule has 8 nitrogen and oxygen atoms in total. The molecule has 1 amide bonds. The number of rotatable bonds is 6. The molecule has 2 aromatic carbocycles. The first-order valence-corrected chi connectivity index (χ1v) is 11.0. The van der Waals surface area contributed by atoms with Crippen molar-refractivity contribution < 1.29 is 9.53 Å². The van der Waals surface area contributed by atoms with Crippen molar-refractivity contribution in [3.05, 3.63) is 89.8 Å². The number of para-hydroxylation sites is 1. The van der Waals surface area contributed by atoms with E-state index in [0.717, 1.165) is 33.7 Å². The second-order valence-electron chi connectivity index (χ2n) is 8.21. The fourth-order valence-electron chi connectivity index (χ4n) is 4.25. The lowest BCUT2D eigenvalue weighted by molar-refractivity contribution is -0.116. The second-order valence-corrected chi connectivity index (χ2v) is 8.21. The van der Waals surface area contributed by atoms with Gasteiger partial charge in [0.1, 0.15) is 18.2 Å². The number of hydrogen-bond acceptors (Lipinski definition) is 6. The van der Waals surface area contributed by atoms with Crippen LogP contribution >= 0.6 is 0 Å². The molecule has 4 aromatic rings. The molecule has 1 aliphatic heterocycles. The Balaban J connectivity index is 1.60. The topological polar surface area (TPSA) is 94.8 Å². The molecule has 0 radical (unpaired) electrons. The second kappa shape index (κ2) is 8.90. The van der Waals surface area contributed by atoms with Crippen LogP contribution in [0.2, 0.25) is 0 Å². The summed E-state index contributed by atoms with van der Waals surface area (Å²) < 4.78 is 7.44. The van der Waals surface area contributed by atoms with Crippen LogP contribution in [0.1, 0.15) is 34.7 Å². The molecule has 0 unspecified atom stereocenters. The van der Waals surface area contributed by atoms with E-state index in [2.05, 4.69) is 27.1 Å². The van der Waals surface area contributed by atoms with E-state index in [9.17, 15) is 4.79 Å². The summed E-state index contributed by atoms with van der Waals surface area (Å²) in [6.45, 7) is 8.06. The van der Waals surface area contributed by atoms with Gasteiger partial charge in [-0.25, -0.2) is 4.98 Å². The van der Waals surface area contributed by atoms with E-state index in [-0.39, 0.29) is 18.2 Å². The van der Waals surface area contributed by atoms with E-state index in [0.29, 0.717) is 24.1 Å². The third kappa shape index (κ3) is 3.94. The highest BCUT2D eigenvalue weighted by Gasteiger charge is 2.34. The summed E-state index contributed by atoms with van der Waals surface area (Å²) in [7, 11) is 0. The van der Waals surface area contributed by atoms with Crippen LogP contribution in [0.4, 0.5) is 5.82 Å². The van der Waals surface area contributed by atoms with Crippen LogP contribution in [0.25, 0.3) is 17.2 Å². The number of benzene rings is 2. The van der Waals surface area contributed by atoms with E-state index in [1.807, 2.05) is 62.4 Å². The minimum Gasteiger partial charge on any atom is -0.489 e. The molecule has 1 aliphatic rings. The molecule has 5 rings (SSSR count). The first kappa shape index (κ1) is 21.5. The first-order chi connectivity index (χ1) is 16.5. The lowest BCUT2D eigenvalue weighted by Gasteiger charge is -2.25. The summed E-state index contributed by atoms with van der Waals surface area (Å²) in [5, 5.41) is 16.0. The van der Waals surface area contributed by atoms with Crippen molar-refractivity contribution in [1.82, 2.24) is 25.0 Å². The number of hydrogen-bond donors (Lipinski definition) is 1. The summed E-state index contributed by atoms with van der Waals surface area (Å²) in [4.78, 5) is 17.5. The molecular weight excluding hydrogens is 428 g/mol. The third-order valence-electron chi connectivity index (χ3n) is 5.84. The third-order valence-corrected chi connectivity index (χ3v) is 5.84. The van der Waals surface area contributed by atoms with Gasteiger partial charge in [-0.05, 0) is 19.9 Å². The molecule has 0 spiro atoms. The standard InChI is InChI=1S/C26H24N6O2/c1-4-13-34-22-8-6-5-7-19(22)20-14-23(33)29-25-24(20)17(3)31-32(25)26-28-21(15-27-30-26)18-11-9-16(2)10-12-18/h4-12,15,20H,1,13-14H2,2-3H3,(H,29,33)/t20-/m1/s1. The summed E-state index contributed by atoms with van der Waals surface area (Å²) in [5.41, 5.74) is 5.38. The number of nitrogens with one attached hydrogen (secondary N) is 1. The van der Waals surface area contributed by atoms with Gasteiger partial charge < -0.3 is 10.1 Å². The lowest BCUT2D eigenvalue weighted by atomic mass is 9.85. The van der Waals surface area contributed by atoms with Crippen molar-refractivity contribution in [2.45, 2.75) is 26.2 Å². The number of amides is 1. The molecule has 34 heavy (non-hydrogen) atoms. The molecule has 2 aromatic heterocycles. The zero-order valence-corrected chi connectivity index (χ0v) is 19.0. The summed E-state index contributed by atoms with van der Waals surface area (Å²) in [5.74, 6) is 1.24. The van der Waals surface area contributed by atoms with Gasteiger partial charge in [-0.1, -0.05) is 60.7 Å². The highest BCUT2D eigenvalue weighted by Crippen LogP contribution is 2.42. The first-order valence-electron chi connectivity index (χ1n) is 11.0. The number of fused-ring (bicyclic) bond motifs is 1. The summed E-state index contributed by atoms with van der Waals surface area (Å²) >= 11 is 0. The molecule has 3 heterocycles. The molecule has 1 atom stereocenters. The molecular formula is C26H24N6O2. The monoisotopic (exact) mass is 452 g/mol. The van der Waals surface area contributed by atoms with E-state index < -0.39 is 0 Å². The quantitative estimate of drug-likeness (QED) is 0.436. The molecule has 8 heteroatoms. The normalized spacial score (nSPS) is 14.9. The Morgan fingerprint density at radius 3 is 2.76 bits per heavy atom. The van der Waals surface area contributed by atoms with Crippen molar-refractivity contribution in [3.63, 3.8) is 0 Å². The lowest BCUT2D eigenvalue weighted by Crippen LogP contribution is -2.25. The van der Waals surface area contributed by atoms with Crippen LogP contribution in [0.15, 0.2) is 67.4 Å². The van der Waals surface area contributed by atoms with Crippen molar-refractivity contribution in [2.24, 2.45) is 0 Å². The van der Waals surface area contributed by atoms with Crippen LogP contribution in [-0.4, -0.2) is 37.5 Å². The minimum atomic E-state index is -0.216. The molecule has 0 saturated carbocycles. The van der Waals surface area contributed by atoms with Crippen molar-refractivity contribution >= 4 is 11.7 Å². The van der Waals surface area contributed by atoms with Gasteiger partial charge in [-0.15, -0.1) is 5.10 Å². The Hall–Kier alpha value is -4.33. The van der Waals surface area contributed by atoms with E-state index in [4.69, 9.17) is 9.84 Å². The van der Waals surface area contributed by atoms with Gasteiger partial charge in [-0.3, -0.25) is 4.79 Å². The average Bonchev–Trinajstić information content (AvgIpc) is 3.19. The van der Waals surface area contributed by atoms with Gasteiger partial charge in [0.2, 0.25) is 5.91 Å². The number of carbonyl (C=O) groups is 1. The Bertz CT molecular complexity index is 1380. The van der Waals surface area contributed by atoms with Crippen molar-refractivity contribution in [3.8, 4) is 23.0 Å². The van der Waals surface area contributed by atoms with Gasteiger partial charge in [0.05, 0.1) is 17.6 Å². The Morgan fingerprint density at radius 2 is 1.97 bits per heavy atom. The van der Waals surface area contributed by atoms with E-state index in [1.165, 1.54) is 0 Å². The fraction of sp³-hybridized carbons (Fsp3) is 0.192. The van der Waals surface area contributed by atoms with E-state index >= 15 is 0 Å². The summed E-state index contributed by atoms with van der Waals surface area (Å²) in [6, 6.07) is 15.8. The predicted molar refractivity (Wildman–Crippen MR) is 129 cm³/mol. The average molecular weight is 453 g/mol. The number of ether oxygens (including phenoxy) is 1. The number of anilines is 1. The maximum absolute atomic E-state index is 12.8. The number of carbonyl (C=O) groups excluding carboxylic acids is 1. The predicted octanol–water partition coefficient (Wildman–Crippen LogP) is 4.38. The largest absolute Gasteiger partial charge is 0.489 e. The number of nitrogens with zero attached hydrogens (tertiary/aromatic N) is 5. The zero-order chi connectivity index (χ0) is 23.7. The smallest absolute Gasteiger partial charge is 0.272 e. The molecule has 1 N–H and O–H groups in total. The highest BCUT2D eigenvalue weighted by atomic mass is 16.5. The van der Waals surface area contributed by atoms with Crippen LogP contribution < -0.4 is 10.1 Å². The minimum absolute atomic E-state index is 0.111. The molecule has 0 bridgehead atoms. The van der Waals surface area contributed by atoms with Crippen molar-refractivity contribution in [2.75, 3.05) is 11.9 Å². The SMILES string of the molecule is C=CCOc1ccccc1[C@H]1CC(=O)Nc2c1c(C)nn2-c1nncc(-c2ccc(C)cc2)n1. The van der Waals surface area contributed by atoms with Crippen LogP contribution in [0.5, 0.6) is 5.75 Å². The Labute approximate surface area is 197 Å². The van der Waals surface area contributed by atoms with E-state index in [1.54, 1.807) is 17.0 Å². The van der Waals surface area contributed by atoms with Crippen LogP contribution in [-0.2, 0) is 4.79 Å². The van der Waals surface area contributed by atoms with Gasteiger partial charge >= 0.3 is 0 Å². The van der Waals surface area contributed by atoms with Crippen LogP contribution in [0.3, 0.4) is 0 Å². The highest BCUT2D eigenvalue weighted by molar-refractivity contribution is 5.95. The van der Waals surface area contributed by atoms with Gasteiger partial charge in [0.25, 0.3) is 5.95 Å². The zero-order valence-electron chi connectivity index (χ0n) is 19.0. The van der Waals surface area contributed by atoms with Crippen LogP contribution in [0, 0.1) is 13.8 Å². The number of aryl methyl sites for hydroxylation is 2. The Kier molecular flexibility index (Phi) is 5.63. The fourth-order valence-corrected chi connectivity index (χ4v) is 4.25. The van der Waals surface area contributed by atoms with Gasteiger partial charge in [-0.2, -0.15) is 14.9 Å². The van der Waals surface area contributed by atoms with Gasteiger partial charge in [0, 0.05) is 29.0 Å². The Morgan fingerprint density at radius 1 is 1.18 bits per heavy atom. The molecule has 170 valence electrons. The van der Waals surface area contributed by atoms with Gasteiger partial charge in [0.15, 0.2) is 0 Å². The molecule has 0 aliphatic carbocycles.